The molecule has 9 nitrogen and oxygen atoms in total. The largest absolute Gasteiger partial charge is 0.493 e. The molecule has 0 unspecified atom stereocenters. The van der Waals surface area contributed by atoms with Gasteiger partial charge in [-0.2, -0.15) is 4.98 Å². The summed E-state index contributed by atoms with van der Waals surface area (Å²) in [6.45, 7) is 0.596. The summed E-state index contributed by atoms with van der Waals surface area (Å²) in [6, 6.07) is 12.9. The number of hydrogen-bond acceptors (Lipinski definition) is 8. The molecule has 1 amide bonds. The van der Waals surface area contributed by atoms with Gasteiger partial charge in [-0.05, 0) is 42.0 Å². The molecule has 0 aliphatic heterocycles. The van der Waals surface area contributed by atoms with Crippen molar-refractivity contribution in [1.29, 1.82) is 0 Å². The number of rotatable bonds is 11. The molecule has 2 aromatic heterocycles. The molecule has 0 bridgehead atoms. The van der Waals surface area contributed by atoms with Crippen molar-refractivity contribution in [3.8, 4) is 28.6 Å². The molecule has 4 rings (SSSR count). The van der Waals surface area contributed by atoms with E-state index in [0.717, 1.165) is 0 Å². The number of benzene rings is 2. The lowest BCUT2D eigenvalue weighted by Gasteiger charge is -2.21. The van der Waals surface area contributed by atoms with Crippen molar-refractivity contribution in [3.05, 3.63) is 77.8 Å². The summed E-state index contributed by atoms with van der Waals surface area (Å²) in [5, 5.41) is 4.07. The van der Waals surface area contributed by atoms with Gasteiger partial charge >= 0.3 is 0 Å². The van der Waals surface area contributed by atoms with Crippen LogP contribution in [-0.2, 0) is 24.2 Å². The Kier molecular flexibility index (Phi) is 7.84. The van der Waals surface area contributed by atoms with Crippen LogP contribution in [0.15, 0.2) is 63.7 Å². The zero-order valence-corrected chi connectivity index (χ0v) is 20.2. The predicted octanol–water partition coefficient (Wildman–Crippen LogP) is 4.31. The number of ether oxygens (including phenoxy) is 3. The highest BCUT2D eigenvalue weighted by Crippen LogP contribution is 2.40. The molecular formula is C26H26FN3O6. The van der Waals surface area contributed by atoms with Gasteiger partial charge in [-0.15, -0.1) is 0 Å². The van der Waals surface area contributed by atoms with Crippen LogP contribution in [0.5, 0.6) is 17.2 Å². The molecule has 2 aromatic carbocycles. The SMILES string of the molecule is COc1cc(-c2noc(CCN(Cc3ccco3)C(=O)Cc3ccc(F)cc3)n2)cc(OC)c1OC. The van der Waals surface area contributed by atoms with Crippen molar-refractivity contribution < 1.29 is 32.3 Å². The standard InChI is InChI=1S/C26H26FN3O6/c1-32-21-14-18(15-22(33-2)25(21)34-3)26-28-23(36-29-26)10-11-30(16-20-5-4-12-35-20)24(31)13-17-6-8-19(27)9-7-17/h4-9,12,14-15H,10-11,13,16H2,1-3H3. The lowest BCUT2D eigenvalue weighted by molar-refractivity contribution is -0.131. The number of methoxy groups -OCH3 is 3. The van der Waals surface area contributed by atoms with E-state index in [1.54, 1.807) is 47.6 Å². The smallest absolute Gasteiger partial charge is 0.228 e. The average molecular weight is 496 g/mol. The highest BCUT2D eigenvalue weighted by molar-refractivity contribution is 5.78. The van der Waals surface area contributed by atoms with Gasteiger partial charge in [0.05, 0.1) is 40.6 Å². The maximum Gasteiger partial charge on any atom is 0.228 e. The van der Waals surface area contributed by atoms with Gasteiger partial charge in [0, 0.05) is 18.5 Å². The van der Waals surface area contributed by atoms with Crippen molar-refractivity contribution in [2.24, 2.45) is 0 Å². The fraction of sp³-hybridized carbons (Fsp3) is 0.269. The van der Waals surface area contributed by atoms with Gasteiger partial charge in [0.1, 0.15) is 11.6 Å². The Labute approximate surface area is 207 Å². The first-order valence-corrected chi connectivity index (χ1v) is 11.2. The Hall–Kier alpha value is -4.34. The fourth-order valence-corrected chi connectivity index (χ4v) is 3.69. The summed E-state index contributed by atoms with van der Waals surface area (Å²) < 4.78 is 40.3. The number of amides is 1. The highest BCUT2D eigenvalue weighted by atomic mass is 19.1. The lowest BCUT2D eigenvalue weighted by atomic mass is 10.1. The lowest BCUT2D eigenvalue weighted by Crippen LogP contribution is -2.33. The quantitative estimate of drug-likeness (QED) is 0.304. The first-order valence-electron chi connectivity index (χ1n) is 11.2. The van der Waals surface area contributed by atoms with E-state index in [-0.39, 0.29) is 24.7 Å². The van der Waals surface area contributed by atoms with Gasteiger partial charge in [0.15, 0.2) is 11.5 Å². The Morgan fingerprint density at radius 2 is 1.75 bits per heavy atom. The number of halogens is 1. The predicted molar refractivity (Wildman–Crippen MR) is 127 cm³/mol. The molecule has 0 fully saturated rings. The zero-order chi connectivity index (χ0) is 25.5. The number of furan rings is 1. The van der Waals surface area contributed by atoms with E-state index in [1.165, 1.54) is 33.5 Å². The Morgan fingerprint density at radius 3 is 2.36 bits per heavy atom. The fourth-order valence-electron chi connectivity index (χ4n) is 3.69. The van der Waals surface area contributed by atoms with E-state index in [2.05, 4.69) is 10.1 Å². The van der Waals surface area contributed by atoms with Gasteiger partial charge in [-0.1, -0.05) is 17.3 Å². The molecule has 0 aliphatic rings. The van der Waals surface area contributed by atoms with Crippen LogP contribution in [-0.4, -0.2) is 48.8 Å². The van der Waals surface area contributed by atoms with Crippen LogP contribution in [0.25, 0.3) is 11.4 Å². The molecule has 36 heavy (non-hydrogen) atoms. The van der Waals surface area contributed by atoms with E-state index < -0.39 is 0 Å². The van der Waals surface area contributed by atoms with Crippen LogP contribution in [0.1, 0.15) is 17.2 Å². The minimum absolute atomic E-state index is 0.126. The number of hydrogen-bond donors (Lipinski definition) is 0. The number of nitrogens with zero attached hydrogens (tertiary/aromatic N) is 3. The van der Waals surface area contributed by atoms with Gasteiger partial charge in [-0.3, -0.25) is 4.79 Å². The molecule has 0 spiro atoms. The number of carbonyl (C=O) groups is 1. The summed E-state index contributed by atoms with van der Waals surface area (Å²) in [4.78, 5) is 19.2. The molecule has 4 aromatic rings. The van der Waals surface area contributed by atoms with Crippen LogP contribution in [0, 0.1) is 5.82 Å². The highest BCUT2D eigenvalue weighted by Gasteiger charge is 2.20. The molecule has 0 N–H and O–H groups in total. The third-order valence-electron chi connectivity index (χ3n) is 5.53. The topological polar surface area (TPSA) is 100 Å². The van der Waals surface area contributed by atoms with Crippen molar-refractivity contribution in [2.45, 2.75) is 19.4 Å². The van der Waals surface area contributed by atoms with E-state index in [1.807, 2.05) is 0 Å². The molecule has 0 saturated carbocycles. The number of carbonyl (C=O) groups excluding carboxylic acids is 1. The molecule has 0 radical (unpaired) electrons. The summed E-state index contributed by atoms with van der Waals surface area (Å²) in [7, 11) is 4.58. The second kappa shape index (κ2) is 11.4. The molecular weight excluding hydrogens is 469 g/mol. The van der Waals surface area contributed by atoms with Crippen LogP contribution in [0.2, 0.25) is 0 Å². The van der Waals surface area contributed by atoms with Crippen LogP contribution >= 0.6 is 0 Å². The second-order valence-electron chi connectivity index (χ2n) is 7.87. The Balaban J connectivity index is 1.49. The van der Waals surface area contributed by atoms with Gasteiger partial charge in [-0.25, -0.2) is 4.39 Å². The van der Waals surface area contributed by atoms with Crippen molar-refractivity contribution in [1.82, 2.24) is 15.0 Å². The molecule has 188 valence electrons. The molecule has 10 heteroatoms. The third-order valence-corrected chi connectivity index (χ3v) is 5.53. The first-order chi connectivity index (χ1) is 17.5. The van der Waals surface area contributed by atoms with Crippen molar-refractivity contribution in [2.75, 3.05) is 27.9 Å². The van der Waals surface area contributed by atoms with Gasteiger partial charge in [0.25, 0.3) is 0 Å². The molecule has 0 aliphatic carbocycles. The molecule has 0 saturated heterocycles. The van der Waals surface area contributed by atoms with E-state index in [0.29, 0.717) is 58.8 Å². The zero-order valence-electron chi connectivity index (χ0n) is 20.2. The summed E-state index contributed by atoms with van der Waals surface area (Å²) in [5.41, 5.74) is 1.34. The Bertz CT molecular complexity index is 1260. The van der Waals surface area contributed by atoms with E-state index in [9.17, 15) is 9.18 Å². The summed E-state index contributed by atoms with van der Waals surface area (Å²) >= 11 is 0. The minimum Gasteiger partial charge on any atom is -0.493 e. The minimum atomic E-state index is -0.349. The maximum atomic E-state index is 13.2. The average Bonchev–Trinajstić information content (AvgIpc) is 3.59. The van der Waals surface area contributed by atoms with E-state index in [4.69, 9.17) is 23.2 Å². The van der Waals surface area contributed by atoms with Gasteiger partial charge < -0.3 is 28.1 Å². The van der Waals surface area contributed by atoms with Crippen molar-refractivity contribution >= 4 is 5.91 Å². The first kappa shape index (κ1) is 24.8. The van der Waals surface area contributed by atoms with Crippen LogP contribution in [0.3, 0.4) is 0 Å². The molecule has 0 atom stereocenters. The molecule has 2 heterocycles. The normalized spacial score (nSPS) is 10.8. The van der Waals surface area contributed by atoms with Crippen LogP contribution < -0.4 is 14.2 Å². The van der Waals surface area contributed by atoms with Crippen LogP contribution in [0.4, 0.5) is 4.39 Å². The van der Waals surface area contributed by atoms with E-state index >= 15 is 0 Å². The monoisotopic (exact) mass is 495 g/mol. The number of aromatic nitrogens is 2. The second-order valence-corrected chi connectivity index (χ2v) is 7.87. The maximum absolute atomic E-state index is 13.2. The summed E-state index contributed by atoms with van der Waals surface area (Å²) in [5.74, 6) is 2.26. The van der Waals surface area contributed by atoms with Gasteiger partial charge in [0.2, 0.25) is 23.4 Å². The van der Waals surface area contributed by atoms with Crippen molar-refractivity contribution in [3.63, 3.8) is 0 Å². The Morgan fingerprint density at radius 1 is 1.03 bits per heavy atom. The summed E-state index contributed by atoms with van der Waals surface area (Å²) in [6.07, 6.45) is 2.01. The third kappa shape index (κ3) is 5.83.